The summed E-state index contributed by atoms with van der Waals surface area (Å²) in [5.74, 6) is -0.700. The second kappa shape index (κ2) is 7.96. The normalized spacial score (nSPS) is 10.0. The van der Waals surface area contributed by atoms with Crippen LogP contribution >= 0.6 is 55.7 Å². The number of rotatable bonds is 2. The third-order valence-corrected chi connectivity index (χ3v) is 4.18. The lowest BCUT2D eigenvalue weighted by atomic mass is 10.2. The number of nitrogens with one attached hydrogen (secondary N) is 3. The van der Waals surface area contributed by atoms with E-state index < -0.39 is 5.91 Å². The Kier molecular flexibility index (Phi) is 6.23. The van der Waals surface area contributed by atoms with E-state index in [0.29, 0.717) is 19.7 Å². The number of hydrogen-bond acceptors (Lipinski definition) is 3. The summed E-state index contributed by atoms with van der Waals surface area (Å²) in [7, 11) is 0. The fraction of sp³-hybridized carbons (Fsp3) is 0. The minimum Gasteiger partial charge on any atom is -0.506 e. The minimum atomic E-state index is -0.537. The lowest BCUT2D eigenvalue weighted by Crippen LogP contribution is -2.43. The van der Waals surface area contributed by atoms with Gasteiger partial charge in [-0.1, -0.05) is 27.5 Å². The first-order chi connectivity index (χ1) is 10.9. The molecule has 0 aliphatic carbocycles. The molecule has 1 amide bonds. The zero-order valence-corrected chi connectivity index (χ0v) is 16.1. The van der Waals surface area contributed by atoms with Gasteiger partial charge >= 0.3 is 0 Å². The van der Waals surface area contributed by atoms with Crippen LogP contribution in [0.25, 0.3) is 0 Å². The molecule has 2 rings (SSSR count). The van der Waals surface area contributed by atoms with Gasteiger partial charge in [-0.2, -0.15) is 0 Å². The number of carbonyl (C=O) groups excluding carboxylic acids is 1. The first kappa shape index (κ1) is 18.0. The van der Waals surface area contributed by atoms with Crippen molar-refractivity contribution in [3.8, 4) is 5.75 Å². The number of carbonyl (C=O) groups is 1. The summed E-state index contributed by atoms with van der Waals surface area (Å²) in [6, 6.07) is 10.0. The van der Waals surface area contributed by atoms with Crippen molar-refractivity contribution in [2.75, 3.05) is 5.32 Å². The van der Waals surface area contributed by atoms with E-state index in [1.54, 1.807) is 30.3 Å². The maximum Gasteiger partial charge on any atom is 0.273 e. The summed E-state index contributed by atoms with van der Waals surface area (Å²) >= 11 is 17.3. The average molecular weight is 480 g/mol. The molecule has 0 saturated heterocycles. The van der Waals surface area contributed by atoms with Crippen molar-refractivity contribution in [2.24, 2.45) is 0 Å². The molecule has 0 radical (unpaired) electrons. The van der Waals surface area contributed by atoms with Gasteiger partial charge in [0.2, 0.25) is 0 Å². The van der Waals surface area contributed by atoms with Crippen LogP contribution in [0.4, 0.5) is 5.69 Å². The molecule has 0 bridgehead atoms. The molecule has 9 heteroatoms. The molecule has 120 valence electrons. The molecule has 23 heavy (non-hydrogen) atoms. The van der Waals surface area contributed by atoms with Gasteiger partial charge in [0.25, 0.3) is 5.91 Å². The quantitative estimate of drug-likeness (QED) is 0.384. The lowest BCUT2D eigenvalue weighted by Gasteiger charge is -2.13. The number of halogens is 3. The standard InChI is InChI=1S/C14H10Br2ClN3O2S/c15-7-5-10(12(21)11(16)6-7)13(22)19-20-14(23)18-9-3-1-8(17)2-4-9/h1-6,21H,(H,19,22)(H2,18,20,23). The van der Waals surface area contributed by atoms with E-state index in [1.165, 1.54) is 6.07 Å². The average Bonchev–Trinajstić information content (AvgIpc) is 2.50. The van der Waals surface area contributed by atoms with Crippen LogP contribution in [0.5, 0.6) is 5.75 Å². The number of hydrazine groups is 1. The van der Waals surface area contributed by atoms with Gasteiger partial charge in [-0.3, -0.25) is 15.6 Å². The summed E-state index contributed by atoms with van der Waals surface area (Å²) in [5, 5.41) is 13.6. The van der Waals surface area contributed by atoms with E-state index in [-0.39, 0.29) is 16.4 Å². The molecule has 2 aromatic rings. The van der Waals surface area contributed by atoms with E-state index in [9.17, 15) is 9.90 Å². The number of aromatic hydroxyl groups is 1. The predicted molar refractivity (Wildman–Crippen MR) is 102 cm³/mol. The number of phenolic OH excluding ortho intramolecular Hbond substituents is 1. The van der Waals surface area contributed by atoms with Gasteiger partial charge in [0.05, 0.1) is 10.0 Å². The topological polar surface area (TPSA) is 73.4 Å². The first-order valence-corrected chi connectivity index (χ1v) is 8.55. The van der Waals surface area contributed by atoms with Crippen LogP contribution in [0.2, 0.25) is 5.02 Å². The number of hydrogen-bond donors (Lipinski definition) is 4. The Labute approximate surface area is 159 Å². The van der Waals surface area contributed by atoms with Crippen molar-refractivity contribution < 1.29 is 9.90 Å². The zero-order chi connectivity index (χ0) is 17.0. The molecular formula is C14H10Br2ClN3O2S. The Morgan fingerprint density at radius 3 is 2.43 bits per heavy atom. The highest BCUT2D eigenvalue weighted by atomic mass is 79.9. The van der Waals surface area contributed by atoms with E-state index in [0.717, 1.165) is 0 Å². The summed E-state index contributed by atoms with van der Waals surface area (Å²) in [5.41, 5.74) is 5.77. The second-order valence-corrected chi connectivity index (χ2v) is 6.94. The van der Waals surface area contributed by atoms with Gasteiger partial charge in [-0.15, -0.1) is 0 Å². The van der Waals surface area contributed by atoms with Crippen LogP contribution in [0.3, 0.4) is 0 Å². The van der Waals surface area contributed by atoms with Crippen LogP contribution in [0, 0.1) is 0 Å². The molecule has 2 aromatic carbocycles. The number of anilines is 1. The molecule has 0 aliphatic rings. The Balaban J connectivity index is 1.96. The summed E-state index contributed by atoms with van der Waals surface area (Å²) in [6.45, 7) is 0. The molecule has 0 unspecified atom stereocenters. The van der Waals surface area contributed by atoms with E-state index in [2.05, 4.69) is 48.0 Å². The smallest absolute Gasteiger partial charge is 0.273 e. The second-order valence-electron chi connectivity index (χ2n) is 4.32. The Bertz CT molecular complexity index is 756. The van der Waals surface area contributed by atoms with Crippen LogP contribution < -0.4 is 16.2 Å². The number of thiocarbonyl (C=S) groups is 1. The molecule has 4 N–H and O–H groups in total. The molecule has 0 aliphatic heterocycles. The highest BCUT2D eigenvalue weighted by Gasteiger charge is 2.15. The van der Waals surface area contributed by atoms with Gasteiger partial charge in [0.1, 0.15) is 5.75 Å². The maximum atomic E-state index is 12.1. The highest BCUT2D eigenvalue weighted by Crippen LogP contribution is 2.31. The summed E-state index contributed by atoms with van der Waals surface area (Å²) in [4.78, 5) is 12.1. The fourth-order valence-corrected chi connectivity index (χ4v) is 3.14. The van der Waals surface area contributed by atoms with Crippen LogP contribution in [0.1, 0.15) is 10.4 Å². The summed E-state index contributed by atoms with van der Waals surface area (Å²) < 4.78 is 1.05. The monoisotopic (exact) mass is 477 g/mol. The summed E-state index contributed by atoms with van der Waals surface area (Å²) in [6.07, 6.45) is 0. The Morgan fingerprint density at radius 2 is 1.78 bits per heavy atom. The van der Waals surface area contributed by atoms with Crippen molar-refractivity contribution in [3.05, 3.63) is 55.9 Å². The van der Waals surface area contributed by atoms with Crippen molar-refractivity contribution >= 4 is 72.4 Å². The lowest BCUT2D eigenvalue weighted by molar-refractivity contribution is 0.0941. The molecule has 0 heterocycles. The van der Waals surface area contributed by atoms with E-state index >= 15 is 0 Å². The van der Waals surface area contributed by atoms with Crippen molar-refractivity contribution in [3.63, 3.8) is 0 Å². The van der Waals surface area contributed by atoms with E-state index in [1.807, 2.05) is 0 Å². The van der Waals surface area contributed by atoms with E-state index in [4.69, 9.17) is 23.8 Å². The molecule has 0 spiro atoms. The maximum absolute atomic E-state index is 12.1. The first-order valence-electron chi connectivity index (χ1n) is 6.17. The molecule has 0 saturated carbocycles. The predicted octanol–water partition coefficient (Wildman–Crippen LogP) is 4.20. The third-order valence-electron chi connectivity index (χ3n) is 2.66. The van der Waals surface area contributed by atoms with Gasteiger partial charge in [-0.05, 0) is 64.5 Å². The largest absolute Gasteiger partial charge is 0.506 e. The molecular weight excluding hydrogens is 470 g/mol. The fourth-order valence-electron chi connectivity index (χ4n) is 1.62. The molecule has 0 aromatic heterocycles. The van der Waals surface area contributed by atoms with Gasteiger partial charge in [0, 0.05) is 15.2 Å². The Morgan fingerprint density at radius 1 is 1.13 bits per heavy atom. The van der Waals surface area contributed by atoms with Crippen LogP contribution in [0.15, 0.2) is 45.3 Å². The van der Waals surface area contributed by atoms with Crippen molar-refractivity contribution in [1.82, 2.24) is 10.9 Å². The Hall–Kier alpha value is -1.35. The van der Waals surface area contributed by atoms with Gasteiger partial charge in [-0.25, -0.2) is 0 Å². The minimum absolute atomic E-state index is 0.0908. The highest BCUT2D eigenvalue weighted by molar-refractivity contribution is 9.11. The number of amides is 1. The number of phenols is 1. The van der Waals surface area contributed by atoms with Crippen LogP contribution in [-0.4, -0.2) is 16.1 Å². The van der Waals surface area contributed by atoms with Crippen molar-refractivity contribution in [2.45, 2.75) is 0 Å². The molecule has 0 atom stereocenters. The van der Waals surface area contributed by atoms with Crippen LogP contribution in [-0.2, 0) is 0 Å². The van der Waals surface area contributed by atoms with Crippen molar-refractivity contribution in [1.29, 1.82) is 0 Å². The third kappa shape index (κ3) is 5.07. The molecule has 0 fully saturated rings. The van der Waals surface area contributed by atoms with Gasteiger partial charge in [0.15, 0.2) is 5.11 Å². The number of benzene rings is 2. The van der Waals surface area contributed by atoms with Gasteiger partial charge < -0.3 is 10.4 Å². The molecule has 5 nitrogen and oxygen atoms in total. The SMILES string of the molecule is O=C(NNC(=S)Nc1ccc(Cl)cc1)c1cc(Br)cc(Br)c1O. The zero-order valence-electron chi connectivity index (χ0n) is 11.4.